The van der Waals surface area contributed by atoms with Crippen molar-refractivity contribution in [3.05, 3.63) is 21.3 Å². The van der Waals surface area contributed by atoms with E-state index in [-0.39, 0.29) is 12.2 Å². The number of hydrogen-bond donors (Lipinski definition) is 2. The molecule has 0 aliphatic carbocycles. The van der Waals surface area contributed by atoms with Crippen LogP contribution in [0.15, 0.2) is 16.0 Å². The van der Waals surface area contributed by atoms with Gasteiger partial charge in [0.2, 0.25) is 0 Å². The van der Waals surface area contributed by atoms with Crippen LogP contribution in [0, 0.1) is 0 Å². The number of aliphatic hydroxyl groups excluding tert-OH is 1. The first-order chi connectivity index (χ1) is 8.24. The molecule has 0 spiro atoms. The average molecular weight is 270 g/mol. The van der Waals surface area contributed by atoms with Gasteiger partial charge in [-0.25, -0.2) is 4.98 Å². The molecule has 0 fully saturated rings. The summed E-state index contributed by atoms with van der Waals surface area (Å²) in [6.45, 7) is 2.23. The SMILES string of the molecule is CCc1cc2c(=O)[nH]c(SCCCO)nc2s1. The lowest BCUT2D eigenvalue weighted by Gasteiger charge is -1.98. The third-order valence-electron chi connectivity index (χ3n) is 2.32. The quantitative estimate of drug-likeness (QED) is 0.495. The number of aryl methyl sites for hydroxylation is 1. The fourth-order valence-electron chi connectivity index (χ4n) is 1.44. The topological polar surface area (TPSA) is 66.0 Å². The van der Waals surface area contributed by atoms with Gasteiger partial charge in [-0.3, -0.25) is 4.79 Å². The minimum atomic E-state index is -0.0718. The van der Waals surface area contributed by atoms with Crippen molar-refractivity contribution in [2.75, 3.05) is 12.4 Å². The molecule has 0 atom stereocenters. The van der Waals surface area contributed by atoms with E-state index in [1.807, 2.05) is 6.07 Å². The molecule has 2 aromatic heterocycles. The molecule has 2 rings (SSSR count). The first kappa shape index (κ1) is 12.6. The maximum Gasteiger partial charge on any atom is 0.260 e. The molecule has 2 N–H and O–H groups in total. The summed E-state index contributed by atoms with van der Waals surface area (Å²) in [5, 5.41) is 10.0. The predicted octanol–water partition coefficient (Wildman–Crippen LogP) is 2.02. The highest BCUT2D eigenvalue weighted by atomic mass is 32.2. The number of aromatic nitrogens is 2. The number of hydrogen-bond acceptors (Lipinski definition) is 5. The highest BCUT2D eigenvalue weighted by Crippen LogP contribution is 2.23. The molecule has 0 aliphatic rings. The summed E-state index contributed by atoms with van der Waals surface area (Å²) in [6.07, 6.45) is 1.63. The Bertz CT molecular complexity index is 562. The highest BCUT2D eigenvalue weighted by molar-refractivity contribution is 7.99. The Morgan fingerprint density at radius 2 is 2.41 bits per heavy atom. The summed E-state index contributed by atoms with van der Waals surface area (Å²) >= 11 is 3.04. The molecule has 0 aromatic carbocycles. The largest absolute Gasteiger partial charge is 0.396 e. The molecule has 6 heteroatoms. The van der Waals surface area contributed by atoms with Gasteiger partial charge in [-0.05, 0) is 18.9 Å². The van der Waals surface area contributed by atoms with Crippen LogP contribution in [0.1, 0.15) is 18.2 Å². The Labute approximate surface area is 107 Å². The first-order valence-electron chi connectivity index (χ1n) is 5.51. The average Bonchev–Trinajstić information content (AvgIpc) is 2.73. The van der Waals surface area contributed by atoms with Crippen LogP contribution in [0.3, 0.4) is 0 Å². The number of thiophene rings is 1. The lowest BCUT2D eigenvalue weighted by atomic mass is 10.3. The Hall–Kier alpha value is -0.850. The summed E-state index contributed by atoms with van der Waals surface area (Å²) in [6, 6.07) is 1.91. The van der Waals surface area contributed by atoms with E-state index in [4.69, 9.17) is 5.11 Å². The van der Waals surface area contributed by atoms with Crippen LogP contribution in [0.5, 0.6) is 0 Å². The number of fused-ring (bicyclic) bond motifs is 1. The van der Waals surface area contributed by atoms with Gasteiger partial charge in [0.1, 0.15) is 4.83 Å². The van der Waals surface area contributed by atoms with Crippen LogP contribution < -0.4 is 5.56 Å². The van der Waals surface area contributed by atoms with Gasteiger partial charge in [0.15, 0.2) is 5.16 Å². The van der Waals surface area contributed by atoms with Crippen LogP contribution >= 0.6 is 23.1 Å². The van der Waals surface area contributed by atoms with Gasteiger partial charge in [0, 0.05) is 17.2 Å². The lowest BCUT2D eigenvalue weighted by molar-refractivity contribution is 0.296. The van der Waals surface area contributed by atoms with Crippen LogP contribution in [0.4, 0.5) is 0 Å². The minimum Gasteiger partial charge on any atom is -0.396 e. The van der Waals surface area contributed by atoms with Crippen LogP contribution in [-0.2, 0) is 6.42 Å². The third-order valence-corrected chi connectivity index (χ3v) is 4.45. The van der Waals surface area contributed by atoms with Gasteiger partial charge in [0.25, 0.3) is 5.56 Å². The molecule has 2 aromatic rings. The lowest BCUT2D eigenvalue weighted by Crippen LogP contribution is -2.07. The standard InChI is InChI=1S/C11H14N2O2S2/c1-2-7-6-8-9(15)12-11(13-10(8)17-7)16-5-3-4-14/h6,14H,2-5H2,1H3,(H,12,13,15). The molecule has 0 radical (unpaired) electrons. The van der Waals surface area contributed by atoms with Gasteiger partial charge in [0.05, 0.1) is 5.39 Å². The van der Waals surface area contributed by atoms with Crippen LogP contribution in [0.2, 0.25) is 0 Å². The van der Waals surface area contributed by atoms with Gasteiger partial charge < -0.3 is 10.1 Å². The monoisotopic (exact) mass is 270 g/mol. The molecule has 0 unspecified atom stereocenters. The molecule has 0 amide bonds. The molecule has 0 bridgehead atoms. The minimum absolute atomic E-state index is 0.0718. The van der Waals surface area contributed by atoms with E-state index in [9.17, 15) is 4.79 Å². The number of aliphatic hydroxyl groups is 1. The molecule has 0 aliphatic heterocycles. The number of thioether (sulfide) groups is 1. The number of H-pyrrole nitrogens is 1. The molecule has 17 heavy (non-hydrogen) atoms. The fraction of sp³-hybridized carbons (Fsp3) is 0.455. The van der Waals surface area contributed by atoms with E-state index < -0.39 is 0 Å². The summed E-state index contributed by atoms with van der Waals surface area (Å²) in [5.41, 5.74) is -0.0718. The number of aromatic amines is 1. The molecule has 0 saturated carbocycles. The number of nitrogens with one attached hydrogen (secondary N) is 1. The Morgan fingerprint density at radius 3 is 3.12 bits per heavy atom. The van der Waals surface area contributed by atoms with E-state index in [0.29, 0.717) is 17.0 Å². The Balaban J connectivity index is 2.30. The van der Waals surface area contributed by atoms with Gasteiger partial charge in [-0.1, -0.05) is 18.7 Å². The van der Waals surface area contributed by atoms with Crippen molar-refractivity contribution >= 4 is 33.3 Å². The van der Waals surface area contributed by atoms with E-state index >= 15 is 0 Å². The molecule has 92 valence electrons. The normalized spacial score (nSPS) is 11.2. The first-order valence-corrected chi connectivity index (χ1v) is 7.31. The van der Waals surface area contributed by atoms with Crippen molar-refractivity contribution in [2.45, 2.75) is 24.9 Å². The van der Waals surface area contributed by atoms with Crippen molar-refractivity contribution in [1.29, 1.82) is 0 Å². The van der Waals surface area contributed by atoms with Crippen molar-refractivity contribution in [3.63, 3.8) is 0 Å². The zero-order valence-corrected chi connectivity index (χ0v) is 11.2. The molecular weight excluding hydrogens is 256 g/mol. The third kappa shape index (κ3) is 2.88. The smallest absolute Gasteiger partial charge is 0.260 e. The summed E-state index contributed by atoms with van der Waals surface area (Å²) in [5.74, 6) is 0.761. The molecule has 2 heterocycles. The predicted molar refractivity (Wildman–Crippen MR) is 72.0 cm³/mol. The van der Waals surface area contributed by atoms with E-state index in [2.05, 4.69) is 16.9 Å². The van der Waals surface area contributed by atoms with Crippen molar-refractivity contribution in [2.24, 2.45) is 0 Å². The fourth-order valence-corrected chi connectivity index (χ4v) is 3.25. The second kappa shape index (κ2) is 5.66. The van der Waals surface area contributed by atoms with E-state index in [1.165, 1.54) is 16.6 Å². The number of rotatable bonds is 5. The second-order valence-corrected chi connectivity index (χ2v) is 5.78. The summed E-state index contributed by atoms with van der Waals surface area (Å²) in [4.78, 5) is 21.0. The maximum absolute atomic E-state index is 11.8. The van der Waals surface area contributed by atoms with Gasteiger partial charge in [-0.2, -0.15) is 0 Å². The summed E-state index contributed by atoms with van der Waals surface area (Å²) in [7, 11) is 0. The Kier molecular flexibility index (Phi) is 4.20. The second-order valence-electron chi connectivity index (χ2n) is 3.58. The van der Waals surface area contributed by atoms with E-state index in [0.717, 1.165) is 17.0 Å². The Morgan fingerprint density at radius 1 is 1.59 bits per heavy atom. The number of nitrogens with zero attached hydrogens (tertiary/aromatic N) is 1. The van der Waals surface area contributed by atoms with Crippen molar-refractivity contribution in [3.8, 4) is 0 Å². The van der Waals surface area contributed by atoms with Crippen LogP contribution in [-0.4, -0.2) is 27.4 Å². The summed E-state index contributed by atoms with van der Waals surface area (Å²) < 4.78 is 0. The maximum atomic E-state index is 11.8. The molecule has 4 nitrogen and oxygen atoms in total. The molecule has 0 saturated heterocycles. The zero-order valence-electron chi connectivity index (χ0n) is 9.52. The van der Waals surface area contributed by atoms with E-state index in [1.54, 1.807) is 11.3 Å². The van der Waals surface area contributed by atoms with Gasteiger partial charge >= 0.3 is 0 Å². The molecular formula is C11H14N2O2S2. The van der Waals surface area contributed by atoms with Crippen molar-refractivity contribution in [1.82, 2.24) is 9.97 Å². The zero-order chi connectivity index (χ0) is 12.3. The van der Waals surface area contributed by atoms with Gasteiger partial charge in [-0.15, -0.1) is 11.3 Å². The van der Waals surface area contributed by atoms with Crippen LogP contribution in [0.25, 0.3) is 10.2 Å². The highest BCUT2D eigenvalue weighted by Gasteiger charge is 2.08. The van der Waals surface area contributed by atoms with Crippen molar-refractivity contribution < 1.29 is 5.11 Å².